The third kappa shape index (κ3) is 1.73. The maximum absolute atomic E-state index is 9.17. The predicted octanol–water partition coefficient (Wildman–Crippen LogP) is 2.36. The first kappa shape index (κ1) is 8.32. The van der Waals surface area contributed by atoms with Gasteiger partial charge in [-0.15, -0.1) is 0 Å². The maximum atomic E-state index is 9.17. The molecule has 0 spiro atoms. The van der Waals surface area contributed by atoms with Gasteiger partial charge in [0.25, 0.3) is 0 Å². The summed E-state index contributed by atoms with van der Waals surface area (Å²) < 4.78 is 5.52. The van der Waals surface area contributed by atoms with Crippen LogP contribution in [0.1, 0.15) is 12.7 Å². The molecule has 0 amide bonds. The molecule has 0 saturated heterocycles. The smallest absolute Gasteiger partial charge is 0.134 e. The van der Waals surface area contributed by atoms with E-state index in [1.165, 1.54) is 0 Å². The van der Waals surface area contributed by atoms with Gasteiger partial charge in [0, 0.05) is 11.8 Å². The Bertz CT molecular complexity index is 368. The van der Waals surface area contributed by atoms with Crippen LogP contribution in [0.4, 0.5) is 0 Å². The Morgan fingerprint density at radius 1 is 1.38 bits per heavy atom. The summed E-state index contributed by atoms with van der Waals surface area (Å²) in [6.07, 6.45) is 0.231. The van der Waals surface area contributed by atoms with E-state index in [2.05, 4.69) is 0 Å². The minimum absolute atomic E-state index is 0.347. The highest BCUT2D eigenvalue weighted by Crippen LogP contribution is 2.19. The quantitative estimate of drug-likeness (QED) is 0.762. The summed E-state index contributed by atoms with van der Waals surface area (Å²) in [4.78, 5) is 0. The molecule has 1 N–H and O–H groups in total. The van der Waals surface area contributed by atoms with E-state index in [-0.39, 0.29) is 6.10 Å². The van der Waals surface area contributed by atoms with Crippen molar-refractivity contribution in [3.05, 3.63) is 36.1 Å². The van der Waals surface area contributed by atoms with Crippen LogP contribution < -0.4 is 0 Å². The minimum atomic E-state index is -0.347. The summed E-state index contributed by atoms with van der Waals surface area (Å²) in [5.74, 6) is 0.844. The van der Waals surface area contributed by atoms with E-state index in [4.69, 9.17) is 4.42 Å². The lowest BCUT2D eigenvalue weighted by molar-refractivity contribution is 0.188. The van der Waals surface area contributed by atoms with Crippen molar-refractivity contribution >= 4 is 11.0 Å². The van der Waals surface area contributed by atoms with Crippen molar-refractivity contribution in [2.75, 3.05) is 0 Å². The van der Waals surface area contributed by atoms with Crippen LogP contribution in [0.15, 0.2) is 34.7 Å². The molecule has 1 atom stereocenters. The van der Waals surface area contributed by atoms with Crippen molar-refractivity contribution in [2.24, 2.45) is 0 Å². The highest BCUT2D eigenvalue weighted by molar-refractivity contribution is 5.77. The molecule has 0 radical (unpaired) electrons. The van der Waals surface area contributed by atoms with Crippen LogP contribution in [-0.2, 0) is 6.42 Å². The van der Waals surface area contributed by atoms with Gasteiger partial charge in [0.2, 0.25) is 0 Å². The van der Waals surface area contributed by atoms with Gasteiger partial charge in [0.15, 0.2) is 0 Å². The normalized spacial score (nSPS) is 13.4. The van der Waals surface area contributed by atoms with Crippen molar-refractivity contribution in [1.82, 2.24) is 0 Å². The highest BCUT2D eigenvalue weighted by atomic mass is 16.3. The van der Waals surface area contributed by atoms with Gasteiger partial charge < -0.3 is 9.52 Å². The molecule has 1 aromatic carbocycles. The fourth-order valence-corrected chi connectivity index (χ4v) is 1.43. The molecule has 0 aliphatic heterocycles. The van der Waals surface area contributed by atoms with Crippen LogP contribution >= 0.6 is 0 Å². The number of para-hydroxylation sites is 1. The molecule has 0 aliphatic rings. The van der Waals surface area contributed by atoms with Crippen molar-refractivity contribution < 1.29 is 9.52 Å². The van der Waals surface area contributed by atoms with Gasteiger partial charge in [-0.1, -0.05) is 18.2 Å². The van der Waals surface area contributed by atoms with Crippen molar-refractivity contribution in [1.29, 1.82) is 0 Å². The molecule has 2 heteroatoms. The third-order valence-electron chi connectivity index (χ3n) is 1.97. The number of hydrogen-bond donors (Lipinski definition) is 1. The number of furan rings is 1. The predicted molar refractivity (Wildman–Crippen MR) is 51.6 cm³/mol. The highest BCUT2D eigenvalue weighted by Gasteiger charge is 2.05. The molecule has 2 nitrogen and oxygen atoms in total. The van der Waals surface area contributed by atoms with Gasteiger partial charge >= 0.3 is 0 Å². The molecule has 68 valence electrons. The van der Waals surface area contributed by atoms with Gasteiger partial charge in [-0.25, -0.2) is 0 Å². The third-order valence-corrected chi connectivity index (χ3v) is 1.97. The van der Waals surface area contributed by atoms with Gasteiger partial charge in [-0.05, 0) is 19.1 Å². The van der Waals surface area contributed by atoms with E-state index in [0.717, 1.165) is 16.7 Å². The fraction of sp³-hybridized carbons (Fsp3) is 0.273. The lowest BCUT2D eigenvalue weighted by Gasteiger charge is -1.97. The van der Waals surface area contributed by atoms with Crippen LogP contribution in [0.5, 0.6) is 0 Å². The van der Waals surface area contributed by atoms with Crippen LogP contribution in [0.25, 0.3) is 11.0 Å². The summed E-state index contributed by atoms with van der Waals surface area (Å²) >= 11 is 0. The molecule has 2 aromatic rings. The molecule has 13 heavy (non-hydrogen) atoms. The number of aliphatic hydroxyl groups is 1. The number of rotatable bonds is 2. The van der Waals surface area contributed by atoms with Gasteiger partial charge in [0.1, 0.15) is 11.3 Å². The summed E-state index contributed by atoms with van der Waals surface area (Å²) in [5, 5.41) is 10.3. The minimum Gasteiger partial charge on any atom is -0.461 e. The SMILES string of the molecule is CC(O)Cc1cc2ccccc2o1. The first-order valence-electron chi connectivity index (χ1n) is 4.41. The Kier molecular flexibility index (Phi) is 2.07. The number of fused-ring (bicyclic) bond motifs is 1. The van der Waals surface area contributed by atoms with Crippen LogP contribution in [0, 0.1) is 0 Å². The Labute approximate surface area is 76.8 Å². The van der Waals surface area contributed by atoms with Gasteiger partial charge in [-0.2, -0.15) is 0 Å². The lowest BCUT2D eigenvalue weighted by Crippen LogP contribution is -2.02. The fourth-order valence-electron chi connectivity index (χ4n) is 1.43. The second-order valence-electron chi connectivity index (χ2n) is 3.30. The van der Waals surface area contributed by atoms with E-state index >= 15 is 0 Å². The Morgan fingerprint density at radius 2 is 2.15 bits per heavy atom. The lowest BCUT2D eigenvalue weighted by atomic mass is 10.2. The van der Waals surface area contributed by atoms with Gasteiger partial charge in [0.05, 0.1) is 6.10 Å². The van der Waals surface area contributed by atoms with Crippen LogP contribution in [0.3, 0.4) is 0 Å². The molecule has 0 bridgehead atoms. The van der Waals surface area contributed by atoms with E-state index in [9.17, 15) is 5.11 Å². The summed E-state index contributed by atoms with van der Waals surface area (Å²) in [5.41, 5.74) is 0.887. The topological polar surface area (TPSA) is 33.4 Å². The second kappa shape index (κ2) is 3.23. The van der Waals surface area contributed by atoms with Crippen LogP contribution in [0.2, 0.25) is 0 Å². The van der Waals surface area contributed by atoms with E-state index in [0.29, 0.717) is 6.42 Å². The summed E-state index contributed by atoms with van der Waals surface area (Å²) in [7, 11) is 0. The average molecular weight is 176 g/mol. The largest absolute Gasteiger partial charge is 0.461 e. The molecule has 2 rings (SSSR count). The molecule has 0 aliphatic carbocycles. The van der Waals surface area contributed by atoms with Gasteiger partial charge in [-0.3, -0.25) is 0 Å². The molecular formula is C11H12O2. The maximum Gasteiger partial charge on any atom is 0.134 e. The number of hydrogen-bond acceptors (Lipinski definition) is 2. The Balaban J connectivity index is 2.38. The molecule has 1 unspecified atom stereocenters. The summed E-state index contributed by atoms with van der Waals surface area (Å²) in [6, 6.07) is 9.83. The molecule has 0 saturated carbocycles. The zero-order valence-corrected chi connectivity index (χ0v) is 7.53. The first-order chi connectivity index (χ1) is 6.25. The summed E-state index contributed by atoms with van der Waals surface area (Å²) in [6.45, 7) is 1.76. The van der Waals surface area contributed by atoms with Crippen molar-refractivity contribution in [2.45, 2.75) is 19.4 Å². The molecule has 1 heterocycles. The number of aliphatic hydroxyl groups excluding tert-OH is 1. The van der Waals surface area contributed by atoms with E-state index in [1.54, 1.807) is 6.92 Å². The standard InChI is InChI=1S/C11H12O2/c1-8(12)6-10-7-9-4-2-3-5-11(9)13-10/h2-5,7-8,12H,6H2,1H3. The number of benzene rings is 1. The van der Waals surface area contributed by atoms with Crippen molar-refractivity contribution in [3.63, 3.8) is 0 Å². The average Bonchev–Trinajstić information content (AvgIpc) is 2.44. The van der Waals surface area contributed by atoms with Crippen LogP contribution in [-0.4, -0.2) is 11.2 Å². The van der Waals surface area contributed by atoms with Crippen molar-refractivity contribution in [3.8, 4) is 0 Å². The zero-order valence-electron chi connectivity index (χ0n) is 7.53. The first-order valence-corrected chi connectivity index (χ1v) is 4.41. The monoisotopic (exact) mass is 176 g/mol. The Hall–Kier alpha value is -1.28. The Morgan fingerprint density at radius 3 is 2.85 bits per heavy atom. The molecule has 1 aromatic heterocycles. The van der Waals surface area contributed by atoms with E-state index in [1.807, 2.05) is 30.3 Å². The zero-order chi connectivity index (χ0) is 9.26. The van der Waals surface area contributed by atoms with E-state index < -0.39 is 0 Å². The second-order valence-corrected chi connectivity index (χ2v) is 3.30. The molecule has 0 fully saturated rings. The molecular weight excluding hydrogens is 164 g/mol.